The molecule has 0 aliphatic heterocycles. The summed E-state index contributed by atoms with van der Waals surface area (Å²) in [6.45, 7) is 7.36. The average Bonchev–Trinajstić information content (AvgIpc) is 2.80. The van der Waals surface area contributed by atoms with Crippen LogP contribution in [-0.4, -0.2) is 24.2 Å². The molecule has 3 N–H and O–H groups in total. The summed E-state index contributed by atoms with van der Waals surface area (Å²) in [5.74, 6) is 5.09. The van der Waals surface area contributed by atoms with E-state index in [2.05, 4.69) is 30.1 Å². The number of hydrogen-bond acceptors (Lipinski definition) is 4. The van der Waals surface area contributed by atoms with Crippen LogP contribution < -0.4 is 11.3 Å². The Morgan fingerprint density at radius 1 is 1.36 bits per heavy atom. The molecular weight excluding hydrogens is 306 g/mol. The van der Waals surface area contributed by atoms with Gasteiger partial charge in [-0.25, -0.2) is 13.8 Å². The highest BCUT2D eigenvalue weighted by Crippen LogP contribution is 2.26. The van der Waals surface area contributed by atoms with Crippen molar-refractivity contribution in [1.29, 1.82) is 0 Å². The molecule has 0 aliphatic carbocycles. The van der Waals surface area contributed by atoms with E-state index in [0.29, 0.717) is 23.3 Å². The van der Waals surface area contributed by atoms with Crippen LogP contribution >= 0.6 is 0 Å². The van der Waals surface area contributed by atoms with Gasteiger partial charge in [-0.2, -0.15) is 0 Å². The SMILES string of the molecule is C[Si](C)(C)CCOCn1c(C(F)F)nc2ccc(NN)cc21. The molecular formula is C14H22F2N4OSi. The van der Waals surface area contributed by atoms with Crippen molar-refractivity contribution in [2.45, 2.75) is 38.8 Å². The number of nitrogen functional groups attached to an aromatic ring is 1. The maximum absolute atomic E-state index is 13.2. The number of imidazole rings is 1. The second kappa shape index (κ2) is 6.72. The molecule has 1 heterocycles. The Bertz CT molecular complexity index is 640. The minimum Gasteiger partial charge on any atom is -0.361 e. The molecule has 2 rings (SSSR count). The van der Waals surface area contributed by atoms with Crippen LogP contribution in [0.15, 0.2) is 18.2 Å². The second-order valence-corrected chi connectivity index (χ2v) is 12.0. The number of nitrogens with one attached hydrogen (secondary N) is 1. The van der Waals surface area contributed by atoms with Crippen LogP contribution in [0.5, 0.6) is 0 Å². The molecule has 0 saturated carbocycles. The number of aromatic nitrogens is 2. The Balaban J connectivity index is 2.23. The van der Waals surface area contributed by atoms with Crippen LogP contribution in [0.3, 0.4) is 0 Å². The summed E-state index contributed by atoms with van der Waals surface area (Å²) in [7, 11) is -1.21. The van der Waals surface area contributed by atoms with Crippen LogP contribution in [0, 0.1) is 0 Å². The zero-order valence-corrected chi connectivity index (χ0v) is 14.1. The van der Waals surface area contributed by atoms with E-state index in [1.807, 2.05) is 0 Å². The molecule has 5 nitrogen and oxygen atoms in total. The topological polar surface area (TPSA) is 65.1 Å². The average molecular weight is 328 g/mol. The lowest BCUT2D eigenvalue weighted by molar-refractivity contribution is 0.0718. The molecule has 122 valence electrons. The Labute approximate surface area is 129 Å². The summed E-state index contributed by atoms with van der Waals surface area (Å²) >= 11 is 0. The molecule has 0 fully saturated rings. The van der Waals surface area contributed by atoms with E-state index in [9.17, 15) is 8.78 Å². The number of nitrogens with zero attached hydrogens (tertiary/aromatic N) is 2. The van der Waals surface area contributed by atoms with Gasteiger partial charge in [0.1, 0.15) is 6.73 Å². The number of ether oxygens (including phenoxy) is 1. The number of anilines is 1. The third kappa shape index (κ3) is 4.02. The highest BCUT2D eigenvalue weighted by molar-refractivity contribution is 6.76. The van der Waals surface area contributed by atoms with Gasteiger partial charge in [-0.05, 0) is 24.2 Å². The molecule has 0 saturated heterocycles. The molecule has 0 unspecified atom stereocenters. The molecule has 1 aromatic heterocycles. The van der Waals surface area contributed by atoms with Gasteiger partial charge in [0, 0.05) is 14.7 Å². The summed E-state index contributed by atoms with van der Waals surface area (Å²) in [6.07, 6.45) is -2.65. The highest BCUT2D eigenvalue weighted by Gasteiger charge is 2.19. The Morgan fingerprint density at radius 3 is 2.68 bits per heavy atom. The zero-order chi connectivity index (χ0) is 16.3. The molecule has 0 amide bonds. The van der Waals surface area contributed by atoms with Gasteiger partial charge in [0.15, 0.2) is 5.82 Å². The van der Waals surface area contributed by atoms with Gasteiger partial charge < -0.3 is 10.2 Å². The largest absolute Gasteiger partial charge is 0.361 e. The van der Waals surface area contributed by atoms with Gasteiger partial charge >= 0.3 is 0 Å². The first-order valence-corrected chi connectivity index (χ1v) is 10.9. The van der Waals surface area contributed by atoms with E-state index in [4.69, 9.17) is 10.6 Å². The molecule has 8 heteroatoms. The number of nitrogens with two attached hydrogens (primary N) is 1. The minimum atomic E-state index is -2.65. The number of hydrazine groups is 1. The quantitative estimate of drug-likeness (QED) is 0.353. The van der Waals surface area contributed by atoms with E-state index in [0.717, 1.165) is 6.04 Å². The standard InChI is InChI=1S/C14H22F2N4OSi/c1-22(2,3)7-6-21-9-20-12-8-10(19-17)4-5-11(12)18-14(20)13(15)16/h4-5,8,13,19H,6-7,9,17H2,1-3H3. The smallest absolute Gasteiger partial charge is 0.295 e. The van der Waals surface area contributed by atoms with Gasteiger partial charge in [-0.15, -0.1) is 0 Å². The van der Waals surface area contributed by atoms with E-state index in [-0.39, 0.29) is 12.6 Å². The number of fused-ring (bicyclic) bond motifs is 1. The summed E-state index contributed by atoms with van der Waals surface area (Å²) in [5.41, 5.74) is 4.23. The van der Waals surface area contributed by atoms with Crippen molar-refractivity contribution >= 4 is 24.8 Å². The van der Waals surface area contributed by atoms with Crippen molar-refractivity contribution in [2.75, 3.05) is 12.0 Å². The van der Waals surface area contributed by atoms with Crippen molar-refractivity contribution in [3.8, 4) is 0 Å². The number of rotatable bonds is 7. The van der Waals surface area contributed by atoms with Crippen molar-refractivity contribution in [3.05, 3.63) is 24.0 Å². The van der Waals surface area contributed by atoms with E-state index in [1.165, 1.54) is 4.57 Å². The van der Waals surface area contributed by atoms with E-state index in [1.54, 1.807) is 18.2 Å². The third-order valence-electron chi connectivity index (χ3n) is 3.36. The monoisotopic (exact) mass is 328 g/mol. The maximum Gasteiger partial charge on any atom is 0.295 e. The van der Waals surface area contributed by atoms with Crippen molar-refractivity contribution in [1.82, 2.24) is 9.55 Å². The van der Waals surface area contributed by atoms with E-state index >= 15 is 0 Å². The number of benzene rings is 1. The number of alkyl halides is 2. The number of hydrogen-bond donors (Lipinski definition) is 2. The summed E-state index contributed by atoms with van der Waals surface area (Å²) in [6, 6.07) is 6.03. The van der Waals surface area contributed by atoms with E-state index < -0.39 is 14.5 Å². The predicted octanol–water partition coefficient (Wildman–Crippen LogP) is 3.57. The van der Waals surface area contributed by atoms with Crippen LogP contribution in [-0.2, 0) is 11.5 Å². The second-order valence-electron chi connectivity index (χ2n) is 6.39. The van der Waals surface area contributed by atoms with Gasteiger partial charge in [0.05, 0.1) is 16.7 Å². The molecule has 0 aliphatic rings. The Kier molecular flexibility index (Phi) is 5.15. The first kappa shape index (κ1) is 16.9. The first-order valence-electron chi connectivity index (χ1n) is 7.14. The molecule has 22 heavy (non-hydrogen) atoms. The Morgan fingerprint density at radius 2 is 2.09 bits per heavy atom. The van der Waals surface area contributed by atoms with Gasteiger partial charge in [0.2, 0.25) is 0 Å². The summed E-state index contributed by atoms with van der Waals surface area (Å²) in [5, 5.41) is 0. The Hall–Kier alpha value is -1.51. The first-order chi connectivity index (χ1) is 10.3. The lowest BCUT2D eigenvalue weighted by Crippen LogP contribution is -2.22. The summed E-state index contributed by atoms with van der Waals surface area (Å²) < 4.78 is 33.4. The van der Waals surface area contributed by atoms with Crippen LogP contribution in [0.1, 0.15) is 12.2 Å². The normalized spacial score (nSPS) is 12.3. The highest BCUT2D eigenvalue weighted by atomic mass is 28.3. The fourth-order valence-corrected chi connectivity index (χ4v) is 2.82. The molecule has 0 radical (unpaired) electrons. The lowest BCUT2D eigenvalue weighted by atomic mass is 10.3. The fourth-order valence-electron chi connectivity index (χ4n) is 2.07. The number of halogens is 2. The van der Waals surface area contributed by atoms with Crippen LogP contribution in [0.4, 0.5) is 14.5 Å². The minimum absolute atomic E-state index is 0.0642. The molecule has 2 aromatic rings. The van der Waals surface area contributed by atoms with Crippen molar-refractivity contribution < 1.29 is 13.5 Å². The van der Waals surface area contributed by atoms with Crippen LogP contribution in [0.25, 0.3) is 11.0 Å². The molecule has 0 spiro atoms. The summed E-state index contributed by atoms with van der Waals surface area (Å²) in [4.78, 5) is 3.99. The zero-order valence-electron chi connectivity index (χ0n) is 13.1. The third-order valence-corrected chi connectivity index (χ3v) is 5.06. The van der Waals surface area contributed by atoms with Crippen LogP contribution in [0.2, 0.25) is 25.7 Å². The van der Waals surface area contributed by atoms with Gasteiger partial charge in [-0.3, -0.25) is 10.4 Å². The lowest BCUT2D eigenvalue weighted by Gasteiger charge is -2.16. The predicted molar refractivity (Wildman–Crippen MR) is 86.6 cm³/mol. The van der Waals surface area contributed by atoms with Gasteiger partial charge in [0.25, 0.3) is 6.43 Å². The fraction of sp³-hybridized carbons (Fsp3) is 0.500. The maximum atomic E-state index is 13.2. The molecule has 0 atom stereocenters. The van der Waals surface area contributed by atoms with Crippen molar-refractivity contribution in [2.24, 2.45) is 5.84 Å². The van der Waals surface area contributed by atoms with Crippen molar-refractivity contribution in [3.63, 3.8) is 0 Å². The molecule has 1 aromatic carbocycles. The van der Waals surface area contributed by atoms with Gasteiger partial charge in [-0.1, -0.05) is 19.6 Å². The molecule has 0 bridgehead atoms.